The average molecular weight is 249 g/mol. The SMILES string of the molecule is CC1(C)CCCC(C)(C)N1Oc1ccccc1O. The van der Waals surface area contributed by atoms with Gasteiger partial charge in [-0.25, -0.2) is 0 Å². The number of rotatable bonds is 2. The smallest absolute Gasteiger partial charge is 0.189 e. The highest BCUT2D eigenvalue weighted by Gasteiger charge is 2.43. The maximum atomic E-state index is 9.83. The number of hydrogen-bond acceptors (Lipinski definition) is 3. The van der Waals surface area contributed by atoms with Crippen molar-refractivity contribution in [1.82, 2.24) is 5.06 Å². The van der Waals surface area contributed by atoms with Crippen LogP contribution in [0.2, 0.25) is 0 Å². The minimum atomic E-state index is -0.0238. The van der Waals surface area contributed by atoms with Crippen LogP contribution in [0.4, 0.5) is 0 Å². The first-order valence-corrected chi connectivity index (χ1v) is 6.59. The molecule has 0 aromatic heterocycles. The van der Waals surface area contributed by atoms with Crippen LogP contribution in [0.3, 0.4) is 0 Å². The van der Waals surface area contributed by atoms with Crippen LogP contribution in [0.5, 0.6) is 11.5 Å². The molecule has 1 saturated heterocycles. The van der Waals surface area contributed by atoms with Gasteiger partial charge in [0.15, 0.2) is 11.5 Å². The van der Waals surface area contributed by atoms with E-state index in [4.69, 9.17) is 4.84 Å². The van der Waals surface area contributed by atoms with Crippen molar-refractivity contribution >= 4 is 0 Å². The fraction of sp³-hybridized carbons (Fsp3) is 0.600. The number of hydrogen-bond donors (Lipinski definition) is 1. The van der Waals surface area contributed by atoms with E-state index in [1.165, 1.54) is 6.42 Å². The summed E-state index contributed by atoms with van der Waals surface area (Å²) < 4.78 is 0. The Morgan fingerprint density at radius 3 is 2.17 bits per heavy atom. The third-order valence-electron chi connectivity index (χ3n) is 3.73. The standard InChI is InChI=1S/C15H23NO2/c1-14(2)10-7-11-15(3,4)16(14)18-13-9-6-5-8-12(13)17/h5-6,8-9,17H,7,10-11H2,1-4H3. The quantitative estimate of drug-likeness (QED) is 0.867. The van der Waals surface area contributed by atoms with Crippen molar-refractivity contribution in [2.75, 3.05) is 0 Å². The summed E-state index contributed by atoms with van der Waals surface area (Å²) in [6.45, 7) is 8.75. The van der Waals surface area contributed by atoms with Crippen LogP contribution in [0.15, 0.2) is 24.3 Å². The molecule has 100 valence electrons. The Bertz CT molecular complexity index is 410. The van der Waals surface area contributed by atoms with Crippen LogP contribution >= 0.6 is 0 Å². The Morgan fingerprint density at radius 2 is 1.61 bits per heavy atom. The Hall–Kier alpha value is -1.22. The molecule has 3 nitrogen and oxygen atoms in total. The van der Waals surface area contributed by atoms with Crippen LogP contribution < -0.4 is 4.84 Å². The molecule has 0 atom stereocenters. The van der Waals surface area contributed by atoms with E-state index < -0.39 is 0 Å². The van der Waals surface area contributed by atoms with Gasteiger partial charge in [-0.1, -0.05) is 12.1 Å². The molecule has 0 radical (unpaired) electrons. The molecule has 1 aliphatic heterocycles. The van der Waals surface area contributed by atoms with Crippen LogP contribution in [-0.4, -0.2) is 21.2 Å². The lowest BCUT2D eigenvalue weighted by Crippen LogP contribution is -2.59. The molecular weight excluding hydrogens is 226 g/mol. The van der Waals surface area contributed by atoms with Crippen LogP contribution in [0.25, 0.3) is 0 Å². The van der Waals surface area contributed by atoms with E-state index in [9.17, 15) is 5.11 Å². The Morgan fingerprint density at radius 1 is 1.06 bits per heavy atom. The topological polar surface area (TPSA) is 32.7 Å². The molecule has 0 bridgehead atoms. The number of hydroxylamine groups is 2. The number of nitrogens with zero attached hydrogens (tertiary/aromatic N) is 1. The largest absolute Gasteiger partial charge is 0.504 e. The lowest BCUT2D eigenvalue weighted by Gasteiger charge is -2.50. The molecule has 1 heterocycles. The van der Waals surface area contributed by atoms with Crippen molar-refractivity contribution in [3.05, 3.63) is 24.3 Å². The summed E-state index contributed by atoms with van der Waals surface area (Å²) >= 11 is 0. The molecule has 18 heavy (non-hydrogen) atoms. The normalized spacial score (nSPS) is 22.7. The van der Waals surface area contributed by atoms with E-state index in [2.05, 4.69) is 27.7 Å². The maximum absolute atomic E-state index is 9.83. The van der Waals surface area contributed by atoms with Crippen molar-refractivity contribution in [3.8, 4) is 11.5 Å². The summed E-state index contributed by atoms with van der Waals surface area (Å²) in [5.41, 5.74) is -0.0476. The van der Waals surface area contributed by atoms with E-state index >= 15 is 0 Å². The first-order chi connectivity index (χ1) is 8.33. The average Bonchev–Trinajstić information content (AvgIpc) is 2.25. The van der Waals surface area contributed by atoms with Gasteiger partial charge < -0.3 is 9.94 Å². The predicted molar refractivity (Wildman–Crippen MR) is 72.6 cm³/mol. The zero-order valence-corrected chi connectivity index (χ0v) is 11.7. The molecule has 0 amide bonds. The van der Waals surface area contributed by atoms with E-state index in [1.54, 1.807) is 18.2 Å². The van der Waals surface area contributed by atoms with Crippen LogP contribution in [0, 0.1) is 0 Å². The van der Waals surface area contributed by atoms with Crippen molar-refractivity contribution in [1.29, 1.82) is 0 Å². The number of benzene rings is 1. The molecule has 3 heteroatoms. The monoisotopic (exact) mass is 249 g/mol. The van der Waals surface area contributed by atoms with Gasteiger partial charge in [0, 0.05) is 0 Å². The second kappa shape index (κ2) is 4.47. The Kier molecular flexibility index (Phi) is 3.28. The molecule has 0 spiro atoms. The highest BCUT2D eigenvalue weighted by atomic mass is 16.7. The molecule has 0 unspecified atom stereocenters. The Labute approximate surface area is 109 Å². The van der Waals surface area contributed by atoms with Gasteiger partial charge in [0.1, 0.15) is 0 Å². The molecule has 1 fully saturated rings. The fourth-order valence-electron chi connectivity index (χ4n) is 2.86. The second-order valence-electron chi connectivity index (χ2n) is 6.33. The van der Waals surface area contributed by atoms with Crippen molar-refractivity contribution < 1.29 is 9.94 Å². The number of phenolic OH excluding ortho intramolecular Hbond substituents is 1. The number of aromatic hydroxyl groups is 1. The molecule has 0 saturated carbocycles. The molecule has 1 aliphatic rings. The predicted octanol–water partition coefficient (Wildman–Crippen LogP) is 3.73. The fourth-order valence-corrected chi connectivity index (χ4v) is 2.86. The second-order valence-corrected chi connectivity index (χ2v) is 6.33. The van der Waals surface area contributed by atoms with Gasteiger partial charge in [0.2, 0.25) is 0 Å². The van der Waals surface area contributed by atoms with Gasteiger partial charge in [-0.2, -0.15) is 0 Å². The number of para-hydroxylation sites is 2. The van der Waals surface area contributed by atoms with Gasteiger partial charge in [0.25, 0.3) is 0 Å². The minimum Gasteiger partial charge on any atom is -0.504 e. The third kappa shape index (κ3) is 2.46. The van der Waals surface area contributed by atoms with Crippen LogP contribution in [0.1, 0.15) is 47.0 Å². The molecule has 1 aromatic carbocycles. The van der Waals surface area contributed by atoms with E-state index in [-0.39, 0.29) is 16.8 Å². The first-order valence-electron chi connectivity index (χ1n) is 6.59. The zero-order valence-electron chi connectivity index (χ0n) is 11.7. The zero-order chi connectivity index (χ0) is 13.4. The Balaban J connectivity index is 2.27. The summed E-state index contributed by atoms with van der Waals surface area (Å²) in [4.78, 5) is 6.00. The van der Waals surface area contributed by atoms with E-state index in [0.29, 0.717) is 5.75 Å². The summed E-state index contributed by atoms with van der Waals surface area (Å²) in [6.07, 6.45) is 3.41. The molecular formula is C15H23NO2. The van der Waals surface area contributed by atoms with E-state index in [0.717, 1.165) is 12.8 Å². The van der Waals surface area contributed by atoms with Crippen molar-refractivity contribution in [3.63, 3.8) is 0 Å². The molecule has 2 rings (SSSR count). The number of piperidine rings is 1. The first kappa shape index (κ1) is 13.2. The highest BCUT2D eigenvalue weighted by Crippen LogP contribution is 2.40. The van der Waals surface area contributed by atoms with E-state index in [1.807, 2.05) is 11.1 Å². The van der Waals surface area contributed by atoms with Gasteiger partial charge in [-0.05, 0) is 59.1 Å². The number of phenols is 1. The van der Waals surface area contributed by atoms with Crippen molar-refractivity contribution in [2.45, 2.75) is 58.0 Å². The highest BCUT2D eigenvalue weighted by molar-refractivity contribution is 5.37. The van der Waals surface area contributed by atoms with Gasteiger partial charge in [-0.15, -0.1) is 5.06 Å². The summed E-state index contributed by atoms with van der Waals surface area (Å²) in [5.74, 6) is 0.718. The minimum absolute atomic E-state index is 0.0238. The molecule has 1 aromatic rings. The summed E-state index contributed by atoms with van der Waals surface area (Å²) in [6, 6.07) is 7.13. The van der Waals surface area contributed by atoms with Crippen molar-refractivity contribution in [2.24, 2.45) is 0 Å². The summed E-state index contributed by atoms with van der Waals surface area (Å²) in [7, 11) is 0. The van der Waals surface area contributed by atoms with Gasteiger partial charge >= 0.3 is 0 Å². The van der Waals surface area contributed by atoms with Gasteiger partial charge in [0.05, 0.1) is 11.1 Å². The maximum Gasteiger partial charge on any atom is 0.189 e. The molecule has 0 aliphatic carbocycles. The lowest BCUT2D eigenvalue weighted by molar-refractivity contribution is -0.217. The lowest BCUT2D eigenvalue weighted by atomic mass is 9.82. The van der Waals surface area contributed by atoms with Crippen LogP contribution in [-0.2, 0) is 0 Å². The third-order valence-corrected chi connectivity index (χ3v) is 3.73. The molecule has 1 N–H and O–H groups in total. The van der Waals surface area contributed by atoms with Gasteiger partial charge in [-0.3, -0.25) is 0 Å². The summed E-state index contributed by atoms with van der Waals surface area (Å²) in [5, 5.41) is 11.9.